The lowest BCUT2D eigenvalue weighted by Gasteiger charge is -2.09. The van der Waals surface area contributed by atoms with Crippen LogP contribution in [0.5, 0.6) is 0 Å². The summed E-state index contributed by atoms with van der Waals surface area (Å²) in [4.78, 5) is 23.5. The molecule has 7 nitrogen and oxygen atoms in total. The maximum absolute atomic E-state index is 11.3. The maximum Gasteiger partial charge on any atom is 0.358 e. The zero-order valence-corrected chi connectivity index (χ0v) is 9.88. The first-order valence-electron chi connectivity index (χ1n) is 5.18. The van der Waals surface area contributed by atoms with Crippen LogP contribution in [0.4, 0.5) is 5.69 Å². The SMILES string of the molecule is CN(C)C(=O)CCCn1cc(N)c(C(=O)O)n1. The van der Waals surface area contributed by atoms with Gasteiger partial charge in [-0.2, -0.15) is 5.10 Å². The zero-order chi connectivity index (χ0) is 13.0. The zero-order valence-electron chi connectivity index (χ0n) is 9.88. The second kappa shape index (κ2) is 5.33. The van der Waals surface area contributed by atoms with Crippen LogP contribution in [-0.2, 0) is 11.3 Å². The predicted octanol–water partition coefficient (Wildman–Crippen LogP) is 0.0319. The lowest BCUT2D eigenvalue weighted by Crippen LogP contribution is -2.21. The summed E-state index contributed by atoms with van der Waals surface area (Å²) in [5.74, 6) is -1.12. The summed E-state index contributed by atoms with van der Waals surface area (Å²) in [7, 11) is 3.38. The van der Waals surface area contributed by atoms with E-state index < -0.39 is 5.97 Å². The number of aromatic nitrogens is 2. The number of rotatable bonds is 5. The van der Waals surface area contributed by atoms with Crippen LogP contribution in [0.25, 0.3) is 0 Å². The summed E-state index contributed by atoms with van der Waals surface area (Å²) < 4.78 is 1.45. The molecule has 0 saturated carbocycles. The van der Waals surface area contributed by atoms with Crippen molar-refractivity contribution in [2.24, 2.45) is 0 Å². The number of carboxylic acids is 1. The van der Waals surface area contributed by atoms with E-state index in [0.29, 0.717) is 19.4 Å². The van der Waals surface area contributed by atoms with E-state index in [1.807, 2.05) is 0 Å². The molecule has 1 aromatic rings. The number of carbonyl (C=O) groups excluding carboxylic acids is 1. The quantitative estimate of drug-likeness (QED) is 0.756. The second-order valence-corrected chi connectivity index (χ2v) is 3.89. The van der Waals surface area contributed by atoms with E-state index in [-0.39, 0.29) is 17.3 Å². The molecule has 1 amide bonds. The van der Waals surface area contributed by atoms with E-state index in [1.54, 1.807) is 14.1 Å². The Morgan fingerprint density at radius 3 is 2.65 bits per heavy atom. The van der Waals surface area contributed by atoms with Crippen molar-refractivity contribution in [1.29, 1.82) is 0 Å². The van der Waals surface area contributed by atoms with Gasteiger partial charge in [-0.3, -0.25) is 9.48 Å². The predicted molar refractivity (Wildman–Crippen MR) is 61.5 cm³/mol. The van der Waals surface area contributed by atoms with Gasteiger partial charge in [0.1, 0.15) is 0 Å². The van der Waals surface area contributed by atoms with Gasteiger partial charge >= 0.3 is 5.97 Å². The molecule has 1 heterocycles. The average Bonchev–Trinajstić information content (AvgIpc) is 2.59. The fourth-order valence-electron chi connectivity index (χ4n) is 1.33. The van der Waals surface area contributed by atoms with Gasteiger partial charge in [-0.05, 0) is 6.42 Å². The molecule has 7 heteroatoms. The number of nitrogens with two attached hydrogens (primary N) is 1. The van der Waals surface area contributed by atoms with Crippen LogP contribution in [0.15, 0.2) is 6.20 Å². The number of aromatic carboxylic acids is 1. The molecule has 0 aliphatic rings. The van der Waals surface area contributed by atoms with Crippen molar-refractivity contribution in [2.45, 2.75) is 19.4 Å². The Balaban J connectivity index is 2.50. The Hall–Kier alpha value is -2.05. The highest BCUT2D eigenvalue weighted by molar-refractivity contribution is 5.91. The Kier molecular flexibility index (Phi) is 4.08. The molecule has 0 atom stereocenters. The topological polar surface area (TPSA) is 101 Å². The molecule has 17 heavy (non-hydrogen) atoms. The summed E-state index contributed by atoms with van der Waals surface area (Å²) in [6, 6.07) is 0. The third kappa shape index (κ3) is 3.47. The van der Waals surface area contributed by atoms with Gasteiger partial charge in [0.05, 0.1) is 5.69 Å². The molecule has 94 valence electrons. The molecule has 0 unspecified atom stereocenters. The molecule has 1 aromatic heterocycles. The van der Waals surface area contributed by atoms with E-state index >= 15 is 0 Å². The van der Waals surface area contributed by atoms with E-state index in [4.69, 9.17) is 10.8 Å². The summed E-state index contributed by atoms with van der Waals surface area (Å²) in [5.41, 5.74) is 5.47. The minimum absolute atomic E-state index is 0.0311. The average molecular weight is 240 g/mol. The fraction of sp³-hybridized carbons (Fsp3) is 0.500. The molecule has 0 spiro atoms. The van der Waals surface area contributed by atoms with Crippen molar-refractivity contribution < 1.29 is 14.7 Å². The van der Waals surface area contributed by atoms with Gasteiger partial charge in [0.2, 0.25) is 5.91 Å². The molecular formula is C10H16N4O3. The first-order valence-corrected chi connectivity index (χ1v) is 5.18. The van der Waals surface area contributed by atoms with E-state index in [2.05, 4.69) is 5.10 Å². The number of nitrogens with zero attached hydrogens (tertiary/aromatic N) is 3. The minimum atomic E-state index is -1.15. The van der Waals surface area contributed by atoms with Gasteiger partial charge < -0.3 is 15.7 Å². The lowest BCUT2D eigenvalue weighted by atomic mass is 10.3. The number of nitrogen functional groups attached to an aromatic ring is 1. The van der Waals surface area contributed by atoms with Gasteiger partial charge in [0.25, 0.3) is 0 Å². The summed E-state index contributed by atoms with van der Waals surface area (Å²) >= 11 is 0. The fourth-order valence-corrected chi connectivity index (χ4v) is 1.33. The highest BCUT2D eigenvalue weighted by Crippen LogP contribution is 2.09. The highest BCUT2D eigenvalue weighted by atomic mass is 16.4. The molecule has 0 fully saturated rings. The summed E-state index contributed by atoms with van der Waals surface area (Å²) in [5, 5.41) is 12.6. The van der Waals surface area contributed by atoms with Crippen LogP contribution in [0, 0.1) is 0 Å². The molecule has 0 radical (unpaired) electrons. The van der Waals surface area contributed by atoms with Crippen molar-refractivity contribution in [3.63, 3.8) is 0 Å². The molecule has 0 aromatic carbocycles. The molecule has 1 rings (SSSR count). The molecule has 0 saturated heterocycles. The Labute approximate surface area is 98.8 Å². The normalized spacial score (nSPS) is 10.2. The molecule has 0 aliphatic carbocycles. The molecule has 0 bridgehead atoms. The van der Waals surface area contributed by atoms with Crippen LogP contribution in [0.2, 0.25) is 0 Å². The van der Waals surface area contributed by atoms with Gasteiger partial charge in [0, 0.05) is 33.3 Å². The molecule has 0 aliphatic heterocycles. The van der Waals surface area contributed by atoms with Crippen LogP contribution < -0.4 is 5.73 Å². The van der Waals surface area contributed by atoms with Crippen molar-refractivity contribution >= 4 is 17.6 Å². The number of anilines is 1. The van der Waals surface area contributed by atoms with Crippen molar-refractivity contribution in [1.82, 2.24) is 14.7 Å². The monoisotopic (exact) mass is 240 g/mol. The van der Waals surface area contributed by atoms with E-state index in [0.717, 1.165) is 0 Å². The number of aryl methyl sites for hydroxylation is 1. The van der Waals surface area contributed by atoms with Gasteiger partial charge in [0.15, 0.2) is 5.69 Å². The Bertz CT molecular complexity index is 425. The van der Waals surface area contributed by atoms with Crippen LogP contribution in [0.3, 0.4) is 0 Å². The number of hydrogen-bond donors (Lipinski definition) is 2. The standard InChI is InChI=1S/C10H16N4O3/c1-13(2)8(15)4-3-5-14-6-7(11)9(12-14)10(16)17/h6H,3-5,11H2,1-2H3,(H,16,17). The van der Waals surface area contributed by atoms with Crippen LogP contribution in [-0.4, -0.2) is 45.8 Å². The largest absolute Gasteiger partial charge is 0.476 e. The van der Waals surface area contributed by atoms with E-state index in [1.165, 1.54) is 15.8 Å². The first kappa shape index (κ1) is 13.0. The maximum atomic E-state index is 11.3. The third-order valence-corrected chi connectivity index (χ3v) is 2.27. The van der Waals surface area contributed by atoms with E-state index in [9.17, 15) is 9.59 Å². The second-order valence-electron chi connectivity index (χ2n) is 3.89. The molecular weight excluding hydrogens is 224 g/mol. The van der Waals surface area contributed by atoms with Gasteiger partial charge in [-0.25, -0.2) is 4.79 Å². The Morgan fingerprint density at radius 1 is 1.53 bits per heavy atom. The van der Waals surface area contributed by atoms with Crippen LogP contribution >= 0.6 is 0 Å². The van der Waals surface area contributed by atoms with Crippen molar-refractivity contribution in [3.05, 3.63) is 11.9 Å². The highest BCUT2D eigenvalue weighted by Gasteiger charge is 2.13. The molecule has 3 N–H and O–H groups in total. The summed E-state index contributed by atoms with van der Waals surface area (Å²) in [6.45, 7) is 0.469. The van der Waals surface area contributed by atoms with Gasteiger partial charge in [-0.15, -0.1) is 0 Å². The van der Waals surface area contributed by atoms with Crippen LogP contribution in [0.1, 0.15) is 23.3 Å². The van der Waals surface area contributed by atoms with Gasteiger partial charge in [-0.1, -0.05) is 0 Å². The Morgan fingerprint density at radius 2 is 2.18 bits per heavy atom. The smallest absolute Gasteiger partial charge is 0.358 e. The minimum Gasteiger partial charge on any atom is -0.476 e. The third-order valence-electron chi connectivity index (χ3n) is 2.27. The number of carboxylic acid groups (broad SMARTS) is 1. The lowest BCUT2D eigenvalue weighted by molar-refractivity contribution is -0.128. The van der Waals surface area contributed by atoms with Crippen molar-refractivity contribution in [2.75, 3.05) is 19.8 Å². The first-order chi connectivity index (χ1) is 7.91. The number of amides is 1. The van der Waals surface area contributed by atoms with Crippen molar-refractivity contribution in [3.8, 4) is 0 Å². The number of carbonyl (C=O) groups is 2. The number of hydrogen-bond acceptors (Lipinski definition) is 4. The summed E-state index contributed by atoms with van der Waals surface area (Å²) in [6.07, 6.45) is 2.45.